The predicted molar refractivity (Wildman–Crippen MR) is 129 cm³/mol. The lowest BCUT2D eigenvalue weighted by Crippen LogP contribution is -2.29. The summed E-state index contributed by atoms with van der Waals surface area (Å²) < 4.78 is 2.04. The van der Waals surface area contributed by atoms with Gasteiger partial charge in [-0.1, -0.05) is 30.1 Å². The van der Waals surface area contributed by atoms with Crippen LogP contribution < -0.4 is 10.9 Å². The molecule has 0 aliphatic carbocycles. The Hall–Kier alpha value is -2.60. The molecule has 162 valence electrons. The van der Waals surface area contributed by atoms with Gasteiger partial charge in [-0.3, -0.25) is 9.89 Å². The van der Waals surface area contributed by atoms with Crippen molar-refractivity contribution in [1.82, 2.24) is 34.7 Å². The Morgan fingerprint density at radius 2 is 2.03 bits per heavy atom. The number of anilines is 1. The molecule has 2 N–H and O–H groups in total. The van der Waals surface area contributed by atoms with E-state index in [1.807, 2.05) is 6.92 Å². The molecule has 0 aliphatic rings. The van der Waals surface area contributed by atoms with Gasteiger partial charge in [0.05, 0.1) is 43.2 Å². The monoisotopic (exact) mass is 550 g/mol. The van der Waals surface area contributed by atoms with Gasteiger partial charge in [0.15, 0.2) is 11.6 Å². The average Bonchev–Trinajstić information content (AvgIpc) is 3.43. The van der Waals surface area contributed by atoms with Crippen molar-refractivity contribution in [2.75, 3.05) is 5.32 Å². The minimum absolute atomic E-state index is 0.225. The molecule has 0 amide bonds. The molecule has 13 heteroatoms. The summed E-state index contributed by atoms with van der Waals surface area (Å²) in [5.74, 6) is 1.39. The highest BCUT2D eigenvalue weighted by Gasteiger charge is 2.25. The molecule has 0 aliphatic heterocycles. The van der Waals surface area contributed by atoms with Crippen molar-refractivity contribution in [2.24, 2.45) is 0 Å². The van der Waals surface area contributed by atoms with E-state index in [-0.39, 0.29) is 16.0 Å². The first-order valence-corrected chi connectivity index (χ1v) is 11.8. The van der Waals surface area contributed by atoms with Crippen molar-refractivity contribution in [2.45, 2.75) is 19.4 Å². The normalized spacial score (nSPS) is 12.5. The lowest BCUT2D eigenvalue weighted by Gasteiger charge is -2.22. The second-order valence-electron chi connectivity index (χ2n) is 6.76. The van der Waals surface area contributed by atoms with Crippen LogP contribution in [0.25, 0.3) is 27.1 Å². The molecule has 5 aromatic rings. The van der Waals surface area contributed by atoms with Gasteiger partial charge in [0, 0.05) is 0 Å². The Morgan fingerprint density at radius 1 is 1.22 bits per heavy atom. The van der Waals surface area contributed by atoms with E-state index in [9.17, 15) is 4.79 Å². The van der Waals surface area contributed by atoms with Crippen LogP contribution in [-0.4, -0.2) is 34.7 Å². The smallest absolute Gasteiger partial charge is 0.268 e. The van der Waals surface area contributed by atoms with Gasteiger partial charge in [-0.25, -0.2) is 24.5 Å². The highest BCUT2D eigenvalue weighted by Crippen LogP contribution is 2.32. The molecule has 1 unspecified atom stereocenters. The molecule has 0 saturated heterocycles. The van der Waals surface area contributed by atoms with Crippen molar-refractivity contribution >= 4 is 77.5 Å². The minimum Gasteiger partial charge on any atom is -0.358 e. The molecular formula is C19H13BrCl2N8OS. The number of nitrogens with zero attached hydrogens (tertiary/aromatic N) is 6. The van der Waals surface area contributed by atoms with Crippen LogP contribution in [0.15, 0.2) is 39.4 Å². The quantitative estimate of drug-likeness (QED) is 0.311. The zero-order valence-corrected chi connectivity index (χ0v) is 20.2. The number of hydrogen-bond acceptors (Lipinski definition) is 8. The summed E-state index contributed by atoms with van der Waals surface area (Å²) in [7, 11) is 0. The first kappa shape index (κ1) is 21.3. The Bertz CT molecular complexity index is 1530. The molecule has 0 fully saturated rings. The van der Waals surface area contributed by atoms with E-state index in [1.54, 1.807) is 23.8 Å². The summed E-state index contributed by atoms with van der Waals surface area (Å²) in [6.45, 7) is 1.97. The third kappa shape index (κ3) is 3.45. The predicted octanol–water partition coefficient (Wildman–Crippen LogP) is 5.14. The number of benzene rings is 1. The maximum absolute atomic E-state index is 13.7. The molecule has 9 nitrogen and oxygen atoms in total. The largest absolute Gasteiger partial charge is 0.358 e. The van der Waals surface area contributed by atoms with Crippen LogP contribution in [0.5, 0.6) is 0 Å². The van der Waals surface area contributed by atoms with E-state index in [0.29, 0.717) is 44.4 Å². The van der Waals surface area contributed by atoms with Crippen molar-refractivity contribution in [3.05, 3.63) is 60.9 Å². The topological polar surface area (TPSA) is 114 Å². The third-order valence-electron chi connectivity index (χ3n) is 4.91. The molecule has 0 bridgehead atoms. The van der Waals surface area contributed by atoms with Crippen LogP contribution in [0, 0.1) is 0 Å². The molecule has 0 saturated carbocycles. The number of thiazole rings is 1. The fourth-order valence-corrected chi connectivity index (χ4v) is 4.85. The molecule has 0 radical (unpaired) electrons. The number of nitrogens with one attached hydrogen (secondary N) is 2. The Morgan fingerprint density at radius 3 is 2.78 bits per heavy atom. The number of hydrogen-bond donors (Lipinski definition) is 2. The van der Waals surface area contributed by atoms with Crippen molar-refractivity contribution in [3.8, 4) is 5.82 Å². The number of rotatable bonds is 5. The van der Waals surface area contributed by atoms with Gasteiger partial charge >= 0.3 is 0 Å². The number of H-pyrrole nitrogens is 1. The second-order valence-corrected chi connectivity index (χ2v) is 9.27. The Labute approximate surface area is 203 Å². The second kappa shape index (κ2) is 8.39. The molecule has 32 heavy (non-hydrogen) atoms. The zero-order chi connectivity index (χ0) is 22.4. The summed E-state index contributed by atoms with van der Waals surface area (Å²) in [6.07, 6.45) is 3.61. The van der Waals surface area contributed by atoms with Gasteiger partial charge < -0.3 is 5.32 Å². The maximum atomic E-state index is 13.7. The number of halogens is 3. The van der Waals surface area contributed by atoms with Gasteiger partial charge in [0.1, 0.15) is 22.5 Å². The van der Waals surface area contributed by atoms with Gasteiger partial charge in [-0.15, -0.1) is 11.3 Å². The number of aromatic nitrogens is 7. The lowest BCUT2D eigenvalue weighted by atomic mass is 10.1. The summed E-state index contributed by atoms with van der Waals surface area (Å²) in [5, 5.41) is 11.1. The van der Waals surface area contributed by atoms with Crippen LogP contribution in [0.3, 0.4) is 0 Å². The molecule has 1 atom stereocenters. The first-order valence-electron chi connectivity index (χ1n) is 9.40. The average molecular weight is 552 g/mol. The molecule has 5 rings (SSSR count). The third-order valence-corrected chi connectivity index (χ3v) is 6.85. The van der Waals surface area contributed by atoms with Crippen LogP contribution in [0.2, 0.25) is 10.0 Å². The SMILES string of the molecule is CCC(Nc1ncnc2scnc12)c1nc2c(Cl)ccc(Cl)c2c(=O)n1-c1[nH]ncc1Br. The zero-order valence-electron chi connectivity index (χ0n) is 16.3. The van der Waals surface area contributed by atoms with Crippen LogP contribution >= 0.6 is 50.5 Å². The summed E-state index contributed by atoms with van der Waals surface area (Å²) in [5.41, 5.74) is 2.31. The standard InChI is InChI=1S/C19H13BrCl2N8OS/c1-2-11(27-15-14-18(24-6-23-15)32-7-25-14)17-28-13-10(22)4-3-9(21)12(13)19(31)30(17)16-8(20)5-26-29-16/h3-7,11H,2H2,1H3,(H,26,29)(H,23,24,27). The molecule has 0 spiro atoms. The van der Waals surface area contributed by atoms with Crippen LogP contribution in [-0.2, 0) is 0 Å². The summed E-state index contributed by atoms with van der Waals surface area (Å²) >= 11 is 17.6. The number of fused-ring (bicyclic) bond motifs is 2. The van der Waals surface area contributed by atoms with E-state index in [4.69, 9.17) is 28.2 Å². The fraction of sp³-hybridized carbons (Fsp3) is 0.158. The maximum Gasteiger partial charge on any atom is 0.268 e. The van der Waals surface area contributed by atoms with E-state index in [2.05, 4.69) is 46.4 Å². The highest BCUT2D eigenvalue weighted by molar-refractivity contribution is 9.10. The van der Waals surface area contributed by atoms with Crippen LogP contribution in [0.1, 0.15) is 25.2 Å². The Balaban J connectivity index is 1.78. The van der Waals surface area contributed by atoms with Crippen molar-refractivity contribution in [3.63, 3.8) is 0 Å². The molecule has 4 heterocycles. The van der Waals surface area contributed by atoms with E-state index >= 15 is 0 Å². The van der Waals surface area contributed by atoms with Crippen LogP contribution in [0.4, 0.5) is 5.82 Å². The first-order chi connectivity index (χ1) is 15.5. The van der Waals surface area contributed by atoms with E-state index in [1.165, 1.54) is 22.2 Å². The van der Waals surface area contributed by atoms with Crippen molar-refractivity contribution in [1.29, 1.82) is 0 Å². The number of aromatic amines is 1. The molecule has 1 aromatic carbocycles. The minimum atomic E-state index is -0.419. The van der Waals surface area contributed by atoms with Gasteiger partial charge in [-0.2, -0.15) is 5.10 Å². The van der Waals surface area contributed by atoms with Gasteiger partial charge in [0.2, 0.25) is 0 Å². The summed E-state index contributed by atoms with van der Waals surface area (Å²) in [6, 6.07) is 2.78. The molecular weight excluding hydrogens is 539 g/mol. The van der Waals surface area contributed by atoms with E-state index in [0.717, 1.165) is 4.83 Å². The Kier molecular flexibility index (Phi) is 5.58. The fourth-order valence-electron chi connectivity index (χ4n) is 3.42. The lowest BCUT2D eigenvalue weighted by molar-refractivity contribution is 0.652. The van der Waals surface area contributed by atoms with Crippen molar-refractivity contribution < 1.29 is 0 Å². The molecule has 4 aromatic heterocycles. The van der Waals surface area contributed by atoms with E-state index < -0.39 is 6.04 Å². The highest BCUT2D eigenvalue weighted by atomic mass is 79.9. The summed E-state index contributed by atoms with van der Waals surface area (Å²) in [4.78, 5) is 32.1. The van der Waals surface area contributed by atoms with Gasteiger partial charge in [-0.05, 0) is 34.5 Å². The van der Waals surface area contributed by atoms with Gasteiger partial charge in [0.25, 0.3) is 5.56 Å².